The van der Waals surface area contributed by atoms with Crippen LogP contribution in [0, 0.1) is 23.2 Å². The van der Waals surface area contributed by atoms with E-state index in [0.29, 0.717) is 17.5 Å². The van der Waals surface area contributed by atoms with E-state index >= 15 is 0 Å². The summed E-state index contributed by atoms with van der Waals surface area (Å²) in [6.07, 6.45) is 10.2. The van der Waals surface area contributed by atoms with E-state index in [9.17, 15) is 14.4 Å². The van der Waals surface area contributed by atoms with E-state index in [4.69, 9.17) is 0 Å². The van der Waals surface area contributed by atoms with Gasteiger partial charge in [0.25, 0.3) is 11.8 Å². The lowest BCUT2D eigenvalue weighted by atomic mass is 9.48. The lowest BCUT2D eigenvalue weighted by Crippen LogP contribution is -2.59. The minimum absolute atomic E-state index is 0.0698. The minimum atomic E-state index is -0.754. The predicted molar refractivity (Wildman–Crippen MR) is 122 cm³/mol. The van der Waals surface area contributed by atoms with Gasteiger partial charge in [-0.25, -0.2) is 0 Å². The molecule has 5 aliphatic rings. The molecule has 2 atom stereocenters. The summed E-state index contributed by atoms with van der Waals surface area (Å²) in [5, 5.41) is 3.30. The van der Waals surface area contributed by atoms with Gasteiger partial charge in [-0.05, 0) is 99.2 Å². The average molecular weight is 441 g/mol. The third-order valence-electron chi connectivity index (χ3n) is 8.40. The summed E-state index contributed by atoms with van der Waals surface area (Å²) in [7, 11) is 0. The van der Waals surface area contributed by atoms with Crippen molar-refractivity contribution >= 4 is 29.5 Å². The van der Waals surface area contributed by atoms with E-state index in [0.717, 1.165) is 23.5 Å². The van der Waals surface area contributed by atoms with Crippen molar-refractivity contribution in [3.05, 3.63) is 35.4 Å². The summed E-state index contributed by atoms with van der Waals surface area (Å²) >= 11 is 1.63. The molecule has 4 aliphatic carbocycles. The van der Waals surface area contributed by atoms with Gasteiger partial charge in [-0.1, -0.05) is 12.1 Å². The maximum atomic E-state index is 13.5. The zero-order chi connectivity index (χ0) is 21.8. The molecule has 6 heteroatoms. The monoisotopic (exact) mass is 440 g/mol. The third-order valence-corrected chi connectivity index (χ3v) is 9.04. The van der Waals surface area contributed by atoms with Crippen LogP contribution in [-0.2, 0) is 4.79 Å². The van der Waals surface area contributed by atoms with Gasteiger partial charge in [-0.3, -0.25) is 19.3 Å². The zero-order valence-corrected chi connectivity index (χ0v) is 19.2. The van der Waals surface area contributed by atoms with E-state index in [-0.39, 0.29) is 29.2 Å². The minimum Gasteiger partial charge on any atom is -0.351 e. The van der Waals surface area contributed by atoms with Crippen molar-refractivity contribution in [2.45, 2.75) is 64.0 Å². The van der Waals surface area contributed by atoms with Crippen LogP contribution in [-0.4, -0.2) is 46.7 Å². The Hall–Kier alpha value is -1.82. The number of imide groups is 1. The number of carbonyl (C=O) groups is 3. The molecule has 1 aliphatic heterocycles. The standard InChI is InChI=1S/C25H32N2O3S/c1-15(25-12-16-9-17(13-25)11-18(10-16)14-25)26-22(28)21(7-8-31-2)27-23(29)19-5-3-4-6-20(19)24(27)30/h3-6,15-18,21H,7-14H2,1-2H3,(H,26,28)/t15-,16?,17?,18?,21+,25?/m0/s1. The van der Waals surface area contributed by atoms with E-state index in [1.54, 1.807) is 36.0 Å². The van der Waals surface area contributed by atoms with E-state index < -0.39 is 6.04 Å². The molecule has 0 unspecified atom stereocenters. The molecule has 1 aromatic carbocycles. The van der Waals surface area contributed by atoms with E-state index in [2.05, 4.69) is 12.2 Å². The SMILES string of the molecule is CSCC[C@H](C(=O)N[C@@H](C)C12CC3CC(CC(C3)C1)C2)N1C(=O)c2ccccc2C1=O. The number of thioether (sulfide) groups is 1. The van der Waals surface area contributed by atoms with Gasteiger partial charge in [0.1, 0.15) is 6.04 Å². The van der Waals surface area contributed by atoms with Gasteiger partial charge in [-0.2, -0.15) is 11.8 Å². The Bertz CT molecular complexity index is 843. The molecule has 1 heterocycles. The summed E-state index contributed by atoms with van der Waals surface area (Å²) in [6, 6.07) is 6.20. The number of fused-ring (bicyclic) bond motifs is 1. The highest BCUT2D eigenvalue weighted by atomic mass is 32.2. The van der Waals surface area contributed by atoms with Gasteiger partial charge < -0.3 is 5.32 Å². The van der Waals surface area contributed by atoms with Gasteiger partial charge in [-0.15, -0.1) is 0 Å². The number of nitrogens with one attached hydrogen (secondary N) is 1. The molecule has 5 nitrogen and oxygen atoms in total. The van der Waals surface area contributed by atoms with Crippen molar-refractivity contribution in [2.75, 3.05) is 12.0 Å². The van der Waals surface area contributed by atoms with Crippen LogP contribution in [0.1, 0.15) is 72.6 Å². The Morgan fingerprint density at radius 3 is 2.06 bits per heavy atom. The molecule has 0 spiro atoms. The summed E-state index contributed by atoms with van der Waals surface area (Å²) in [5.74, 6) is 2.30. The fraction of sp³-hybridized carbons (Fsp3) is 0.640. The van der Waals surface area contributed by atoms with Gasteiger partial charge in [0.2, 0.25) is 5.91 Å². The smallest absolute Gasteiger partial charge is 0.262 e. The van der Waals surface area contributed by atoms with E-state index in [1.807, 2.05) is 6.26 Å². The van der Waals surface area contributed by atoms with Crippen molar-refractivity contribution in [1.29, 1.82) is 0 Å². The first kappa shape index (κ1) is 21.0. The molecule has 6 rings (SSSR count). The molecule has 3 amide bonds. The first-order valence-electron chi connectivity index (χ1n) is 11.7. The van der Waals surface area contributed by atoms with Crippen LogP contribution >= 0.6 is 11.8 Å². The largest absolute Gasteiger partial charge is 0.351 e. The van der Waals surface area contributed by atoms with Gasteiger partial charge in [0, 0.05) is 6.04 Å². The van der Waals surface area contributed by atoms with Crippen molar-refractivity contribution in [2.24, 2.45) is 23.2 Å². The summed E-state index contributed by atoms with van der Waals surface area (Å²) in [5.41, 5.74) is 1.00. The van der Waals surface area contributed by atoms with Crippen molar-refractivity contribution in [1.82, 2.24) is 10.2 Å². The van der Waals surface area contributed by atoms with Crippen molar-refractivity contribution in [3.8, 4) is 0 Å². The molecule has 1 aromatic rings. The van der Waals surface area contributed by atoms with Crippen LogP contribution in [0.25, 0.3) is 0 Å². The number of rotatable bonds is 7. The summed E-state index contributed by atoms with van der Waals surface area (Å²) in [4.78, 5) is 40.8. The highest BCUT2D eigenvalue weighted by Crippen LogP contribution is 2.61. The second-order valence-corrected chi connectivity index (χ2v) is 11.3. The quantitative estimate of drug-likeness (QED) is 0.648. The fourth-order valence-corrected chi connectivity index (χ4v) is 7.73. The number of benzene rings is 1. The normalized spacial score (nSPS) is 32.8. The van der Waals surface area contributed by atoms with E-state index in [1.165, 1.54) is 43.4 Å². The Kier molecular flexibility index (Phi) is 5.40. The lowest BCUT2D eigenvalue weighted by molar-refractivity contribution is -0.129. The fourth-order valence-electron chi connectivity index (χ4n) is 7.27. The number of hydrogen-bond acceptors (Lipinski definition) is 4. The van der Waals surface area contributed by atoms with Crippen LogP contribution in [0.15, 0.2) is 24.3 Å². The maximum Gasteiger partial charge on any atom is 0.262 e. The molecular formula is C25H32N2O3S. The van der Waals surface area contributed by atoms with Crippen molar-refractivity contribution < 1.29 is 14.4 Å². The van der Waals surface area contributed by atoms with Crippen LogP contribution in [0.2, 0.25) is 0 Å². The maximum absolute atomic E-state index is 13.5. The third kappa shape index (κ3) is 3.51. The van der Waals surface area contributed by atoms with Crippen LogP contribution < -0.4 is 5.32 Å². The molecule has 0 aromatic heterocycles. The van der Waals surface area contributed by atoms with Gasteiger partial charge in [0.15, 0.2) is 0 Å². The zero-order valence-electron chi connectivity index (χ0n) is 18.4. The lowest BCUT2D eigenvalue weighted by Gasteiger charge is -2.59. The molecule has 31 heavy (non-hydrogen) atoms. The Balaban J connectivity index is 1.35. The molecule has 4 fully saturated rings. The number of nitrogens with zero attached hydrogens (tertiary/aromatic N) is 1. The molecule has 166 valence electrons. The van der Waals surface area contributed by atoms with Crippen LogP contribution in [0.5, 0.6) is 0 Å². The first-order chi connectivity index (χ1) is 14.9. The molecule has 4 saturated carbocycles. The Morgan fingerprint density at radius 1 is 1.06 bits per heavy atom. The molecule has 4 bridgehead atoms. The first-order valence-corrected chi connectivity index (χ1v) is 13.1. The van der Waals surface area contributed by atoms with Crippen LogP contribution in [0.4, 0.5) is 0 Å². The molecular weight excluding hydrogens is 408 g/mol. The highest BCUT2D eigenvalue weighted by molar-refractivity contribution is 7.98. The second-order valence-electron chi connectivity index (χ2n) is 10.3. The number of hydrogen-bond donors (Lipinski definition) is 1. The summed E-state index contributed by atoms with van der Waals surface area (Å²) in [6.45, 7) is 2.15. The number of amides is 3. The van der Waals surface area contributed by atoms with Crippen LogP contribution in [0.3, 0.4) is 0 Å². The highest BCUT2D eigenvalue weighted by Gasteiger charge is 2.54. The average Bonchev–Trinajstić information content (AvgIpc) is 2.98. The van der Waals surface area contributed by atoms with Crippen molar-refractivity contribution in [3.63, 3.8) is 0 Å². The molecule has 0 saturated heterocycles. The summed E-state index contributed by atoms with van der Waals surface area (Å²) < 4.78 is 0. The Morgan fingerprint density at radius 2 is 1.58 bits per heavy atom. The molecule has 1 N–H and O–H groups in total. The Labute approximate surface area is 188 Å². The second kappa shape index (κ2) is 7.95. The van der Waals surface area contributed by atoms with Gasteiger partial charge in [0.05, 0.1) is 11.1 Å². The topological polar surface area (TPSA) is 66.5 Å². The van der Waals surface area contributed by atoms with Gasteiger partial charge >= 0.3 is 0 Å². The molecule has 0 radical (unpaired) electrons. The predicted octanol–water partition coefficient (Wildman–Crippen LogP) is 4.13. The number of carbonyl (C=O) groups excluding carboxylic acids is 3.